The van der Waals surface area contributed by atoms with Crippen LogP contribution in [0, 0.1) is 12.7 Å². The van der Waals surface area contributed by atoms with Crippen LogP contribution in [0.15, 0.2) is 35.7 Å². The van der Waals surface area contributed by atoms with Gasteiger partial charge >= 0.3 is 0 Å². The Morgan fingerprint density at radius 1 is 1.27 bits per heavy atom. The first-order valence-corrected chi connectivity index (χ1v) is 5.53. The van der Waals surface area contributed by atoms with E-state index >= 15 is 0 Å². The summed E-state index contributed by atoms with van der Waals surface area (Å²) < 4.78 is 12.9. The first-order valence-electron chi connectivity index (χ1n) is 4.65. The van der Waals surface area contributed by atoms with E-state index in [1.807, 2.05) is 18.4 Å². The zero-order valence-electron chi connectivity index (χ0n) is 8.27. The largest absolute Gasteiger partial charge is 0.384 e. The van der Waals surface area contributed by atoms with Crippen LogP contribution in [0.3, 0.4) is 0 Å². The van der Waals surface area contributed by atoms with Crippen molar-refractivity contribution in [3.63, 3.8) is 0 Å². The van der Waals surface area contributed by atoms with E-state index in [9.17, 15) is 9.50 Å². The molecule has 0 bridgehead atoms. The zero-order chi connectivity index (χ0) is 10.8. The predicted molar refractivity (Wildman–Crippen MR) is 59.5 cm³/mol. The molecule has 0 aliphatic heterocycles. The van der Waals surface area contributed by atoms with Gasteiger partial charge in [0.25, 0.3) is 0 Å². The van der Waals surface area contributed by atoms with Crippen LogP contribution >= 0.6 is 11.3 Å². The van der Waals surface area contributed by atoms with Crippen molar-refractivity contribution in [1.29, 1.82) is 0 Å². The van der Waals surface area contributed by atoms with Crippen LogP contribution in [-0.2, 0) is 0 Å². The van der Waals surface area contributed by atoms with Gasteiger partial charge in [0, 0.05) is 4.88 Å². The number of benzene rings is 1. The number of rotatable bonds is 2. The third-order valence-corrected chi connectivity index (χ3v) is 3.11. The van der Waals surface area contributed by atoms with Crippen molar-refractivity contribution in [2.45, 2.75) is 13.0 Å². The summed E-state index contributed by atoms with van der Waals surface area (Å²) in [5, 5.41) is 11.9. The molecular weight excluding hydrogens is 211 g/mol. The summed E-state index contributed by atoms with van der Waals surface area (Å²) in [4.78, 5) is 1.14. The van der Waals surface area contributed by atoms with Crippen molar-refractivity contribution in [2.75, 3.05) is 0 Å². The smallest absolute Gasteiger partial charge is 0.123 e. The molecule has 15 heavy (non-hydrogen) atoms. The molecule has 0 radical (unpaired) electrons. The van der Waals surface area contributed by atoms with Crippen LogP contribution in [0.5, 0.6) is 0 Å². The standard InChI is InChI=1S/C12H11FOS/c1-8-5-10(7-15-8)12(14)9-3-2-4-11(13)6-9/h2-7,12,14H,1H3. The number of hydrogen-bond acceptors (Lipinski definition) is 2. The van der Waals surface area contributed by atoms with Crippen molar-refractivity contribution >= 4 is 11.3 Å². The van der Waals surface area contributed by atoms with Gasteiger partial charge in [-0.05, 0) is 41.6 Å². The van der Waals surface area contributed by atoms with Gasteiger partial charge in [-0.25, -0.2) is 4.39 Å². The molecule has 78 valence electrons. The van der Waals surface area contributed by atoms with Gasteiger partial charge in [0.1, 0.15) is 11.9 Å². The van der Waals surface area contributed by atoms with Crippen LogP contribution in [-0.4, -0.2) is 5.11 Å². The van der Waals surface area contributed by atoms with Crippen molar-refractivity contribution in [3.05, 3.63) is 57.5 Å². The minimum absolute atomic E-state index is 0.321. The quantitative estimate of drug-likeness (QED) is 0.826. The summed E-state index contributed by atoms with van der Waals surface area (Å²) in [6, 6.07) is 7.97. The summed E-state index contributed by atoms with van der Waals surface area (Å²) in [5.74, 6) is -0.321. The second-order valence-corrected chi connectivity index (χ2v) is 4.56. The summed E-state index contributed by atoms with van der Waals surface area (Å²) in [5.41, 5.74) is 1.41. The maximum absolute atomic E-state index is 12.9. The minimum Gasteiger partial charge on any atom is -0.384 e. The average molecular weight is 222 g/mol. The van der Waals surface area contributed by atoms with Crippen molar-refractivity contribution < 1.29 is 9.50 Å². The normalized spacial score (nSPS) is 12.7. The number of halogens is 1. The highest BCUT2D eigenvalue weighted by molar-refractivity contribution is 7.10. The summed E-state index contributed by atoms with van der Waals surface area (Å²) in [7, 11) is 0. The Hall–Kier alpha value is -1.19. The van der Waals surface area contributed by atoms with E-state index in [1.54, 1.807) is 23.5 Å². The van der Waals surface area contributed by atoms with Crippen molar-refractivity contribution in [2.24, 2.45) is 0 Å². The van der Waals surface area contributed by atoms with Crippen LogP contribution in [0.4, 0.5) is 4.39 Å². The fourth-order valence-corrected chi connectivity index (χ4v) is 2.20. The zero-order valence-corrected chi connectivity index (χ0v) is 9.09. The predicted octanol–water partition coefficient (Wildman–Crippen LogP) is 3.28. The van der Waals surface area contributed by atoms with E-state index in [1.165, 1.54) is 12.1 Å². The third kappa shape index (κ3) is 2.25. The molecule has 2 rings (SSSR count). The lowest BCUT2D eigenvalue weighted by Gasteiger charge is -2.08. The lowest BCUT2D eigenvalue weighted by Crippen LogP contribution is -1.98. The van der Waals surface area contributed by atoms with E-state index in [2.05, 4.69) is 0 Å². The summed E-state index contributed by atoms with van der Waals surface area (Å²) in [6.07, 6.45) is -0.731. The fourth-order valence-electron chi connectivity index (χ4n) is 1.48. The van der Waals surface area contributed by atoms with E-state index in [0.717, 1.165) is 10.4 Å². The van der Waals surface area contributed by atoms with E-state index in [0.29, 0.717) is 5.56 Å². The first-order chi connectivity index (χ1) is 7.16. The number of hydrogen-bond donors (Lipinski definition) is 1. The molecule has 0 saturated heterocycles. The topological polar surface area (TPSA) is 20.2 Å². The number of aryl methyl sites for hydroxylation is 1. The molecule has 1 N–H and O–H groups in total. The molecule has 3 heteroatoms. The molecule has 1 aromatic carbocycles. The monoisotopic (exact) mass is 222 g/mol. The lowest BCUT2D eigenvalue weighted by molar-refractivity contribution is 0.220. The maximum atomic E-state index is 12.9. The molecule has 1 unspecified atom stereocenters. The highest BCUT2D eigenvalue weighted by atomic mass is 32.1. The molecular formula is C12H11FOS. The molecule has 0 aliphatic carbocycles. The molecule has 0 spiro atoms. The van der Waals surface area contributed by atoms with E-state index in [4.69, 9.17) is 0 Å². The molecule has 1 heterocycles. The Morgan fingerprint density at radius 3 is 2.67 bits per heavy atom. The Morgan fingerprint density at radius 2 is 2.07 bits per heavy atom. The van der Waals surface area contributed by atoms with Crippen LogP contribution in [0.2, 0.25) is 0 Å². The SMILES string of the molecule is Cc1cc(C(O)c2cccc(F)c2)cs1. The summed E-state index contributed by atoms with van der Waals surface area (Å²) in [6.45, 7) is 1.98. The second kappa shape index (κ2) is 4.13. The number of thiophene rings is 1. The second-order valence-electron chi connectivity index (χ2n) is 3.45. The van der Waals surface area contributed by atoms with Gasteiger partial charge in [-0.15, -0.1) is 11.3 Å². The summed E-state index contributed by atoms with van der Waals surface area (Å²) >= 11 is 1.58. The van der Waals surface area contributed by atoms with Crippen molar-refractivity contribution in [1.82, 2.24) is 0 Å². The lowest BCUT2D eigenvalue weighted by atomic mass is 10.0. The first kappa shape index (κ1) is 10.3. The highest BCUT2D eigenvalue weighted by Crippen LogP contribution is 2.26. The molecule has 1 aromatic heterocycles. The van der Waals surface area contributed by atoms with Gasteiger partial charge in [0.2, 0.25) is 0 Å². The number of aliphatic hydroxyl groups is 1. The molecule has 0 saturated carbocycles. The maximum Gasteiger partial charge on any atom is 0.123 e. The third-order valence-electron chi connectivity index (χ3n) is 2.23. The van der Waals surface area contributed by atoms with Gasteiger partial charge in [0.15, 0.2) is 0 Å². The van der Waals surface area contributed by atoms with Crippen LogP contribution in [0.1, 0.15) is 22.1 Å². The molecule has 1 nitrogen and oxygen atoms in total. The molecule has 1 atom stereocenters. The van der Waals surface area contributed by atoms with Gasteiger partial charge in [-0.2, -0.15) is 0 Å². The highest BCUT2D eigenvalue weighted by Gasteiger charge is 2.11. The van der Waals surface area contributed by atoms with Gasteiger partial charge in [-0.3, -0.25) is 0 Å². The molecule has 2 aromatic rings. The molecule has 0 amide bonds. The Labute approximate surface area is 91.8 Å². The molecule has 0 fully saturated rings. The van der Waals surface area contributed by atoms with Gasteiger partial charge in [0.05, 0.1) is 0 Å². The van der Waals surface area contributed by atoms with E-state index in [-0.39, 0.29) is 5.82 Å². The fraction of sp³-hybridized carbons (Fsp3) is 0.167. The molecule has 0 aliphatic rings. The minimum atomic E-state index is -0.731. The van der Waals surface area contributed by atoms with Gasteiger partial charge in [-0.1, -0.05) is 12.1 Å². The Kier molecular flexibility index (Phi) is 2.84. The van der Waals surface area contributed by atoms with Crippen LogP contribution < -0.4 is 0 Å². The Balaban J connectivity index is 2.32. The van der Waals surface area contributed by atoms with Crippen molar-refractivity contribution in [3.8, 4) is 0 Å². The van der Waals surface area contributed by atoms with E-state index < -0.39 is 6.10 Å². The van der Waals surface area contributed by atoms with Gasteiger partial charge < -0.3 is 5.11 Å². The average Bonchev–Trinajstić information content (AvgIpc) is 2.64. The number of aliphatic hydroxyl groups excluding tert-OH is 1. The Bertz CT molecular complexity index is 464. The van der Waals surface area contributed by atoms with Crippen LogP contribution in [0.25, 0.3) is 0 Å².